The third-order valence-corrected chi connectivity index (χ3v) is 2.24. The van der Waals surface area contributed by atoms with E-state index in [4.69, 9.17) is 5.73 Å². The summed E-state index contributed by atoms with van der Waals surface area (Å²) in [5.74, 6) is -0.258. The number of nitrogen functional groups attached to an aromatic ring is 1. The smallest absolute Gasteiger partial charge is 0.280 e. The van der Waals surface area contributed by atoms with Crippen LogP contribution in [0.5, 0.6) is 0 Å². The number of hydrogen-bond acceptors (Lipinski definition) is 4. The molecule has 0 atom stereocenters. The highest BCUT2D eigenvalue weighted by Gasteiger charge is 2.17. The molecule has 0 saturated carbocycles. The van der Waals surface area contributed by atoms with Crippen LogP contribution in [0.15, 0.2) is 30.5 Å². The van der Waals surface area contributed by atoms with Gasteiger partial charge in [0, 0.05) is 7.05 Å². The van der Waals surface area contributed by atoms with E-state index in [9.17, 15) is 4.79 Å². The number of nitrogens with zero attached hydrogens (tertiary/aromatic N) is 3. The van der Waals surface area contributed by atoms with Crippen LogP contribution in [0.1, 0.15) is 10.5 Å². The first-order chi connectivity index (χ1) is 7.70. The number of aromatic nitrogens is 3. The molecule has 1 aromatic carbocycles. The van der Waals surface area contributed by atoms with E-state index in [-0.39, 0.29) is 11.6 Å². The van der Waals surface area contributed by atoms with E-state index in [1.807, 2.05) is 12.1 Å². The maximum Gasteiger partial charge on any atom is 0.280 e. The summed E-state index contributed by atoms with van der Waals surface area (Å²) in [7, 11) is 1.64. The van der Waals surface area contributed by atoms with E-state index in [0.717, 1.165) is 0 Å². The number of aromatic amines is 1. The number of amides is 1. The third kappa shape index (κ3) is 1.72. The van der Waals surface area contributed by atoms with Gasteiger partial charge in [-0.2, -0.15) is 15.4 Å². The van der Waals surface area contributed by atoms with Crippen LogP contribution in [0.25, 0.3) is 0 Å². The summed E-state index contributed by atoms with van der Waals surface area (Å²) in [5.41, 5.74) is 7.22. The highest BCUT2D eigenvalue weighted by molar-refractivity contribution is 6.05. The lowest BCUT2D eigenvalue weighted by Gasteiger charge is -2.17. The van der Waals surface area contributed by atoms with Gasteiger partial charge in [0.2, 0.25) is 0 Å². The molecule has 16 heavy (non-hydrogen) atoms. The Labute approximate surface area is 92.1 Å². The van der Waals surface area contributed by atoms with Crippen LogP contribution in [0, 0.1) is 0 Å². The Hall–Kier alpha value is -2.37. The molecule has 0 aliphatic carbocycles. The number of H-pyrrole nitrogens is 1. The molecule has 6 nitrogen and oxygen atoms in total. The number of rotatable bonds is 2. The van der Waals surface area contributed by atoms with Gasteiger partial charge in [0.25, 0.3) is 5.91 Å². The minimum Gasteiger partial charge on any atom is -0.397 e. The fourth-order valence-corrected chi connectivity index (χ4v) is 1.38. The number of nitrogens with one attached hydrogen (secondary N) is 1. The van der Waals surface area contributed by atoms with Crippen LogP contribution in [-0.2, 0) is 0 Å². The minimum atomic E-state index is -0.258. The predicted molar refractivity (Wildman–Crippen MR) is 60.0 cm³/mol. The number of anilines is 2. The molecule has 2 rings (SSSR count). The molecule has 0 fully saturated rings. The quantitative estimate of drug-likeness (QED) is 0.723. The Morgan fingerprint density at radius 3 is 2.81 bits per heavy atom. The van der Waals surface area contributed by atoms with E-state index < -0.39 is 0 Å². The average molecular weight is 217 g/mol. The van der Waals surface area contributed by atoms with Crippen molar-refractivity contribution < 1.29 is 4.79 Å². The average Bonchev–Trinajstić information content (AvgIpc) is 2.81. The van der Waals surface area contributed by atoms with Crippen LogP contribution in [0.2, 0.25) is 0 Å². The molecule has 0 saturated heterocycles. The van der Waals surface area contributed by atoms with Gasteiger partial charge in [-0.1, -0.05) is 12.1 Å². The van der Waals surface area contributed by atoms with E-state index in [0.29, 0.717) is 11.4 Å². The summed E-state index contributed by atoms with van der Waals surface area (Å²) in [5, 5.41) is 9.70. The molecule has 0 aliphatic heterocycles. The third-order valence-electron chi connectivity index (χ3n) is 2.24. The van der Waals surface area contributed by atoms with Crippen LogP contribution in [-0.4, -0.2) is 28.4 Å². The maximum atomic E-state index is 11.9. The minimum absolute atomic E-state index is 0.255. The topological polar surface area (TPSA) is 87.9 Å². The molecule has 0 spiro atoms. The van der Waals surface area contributed by atoms with Crippen molar-refractivity contribution in [1.82, 2.24) is 15.4 Å². The molecular formula is C10H11N5O. The summed E-state index contributed by atoms with van der Waals surface area (Å²) >= 11 is 0. The molecule has 6 heteroatoms. The van der Waals surface area contributed by atoms with Crippen molar-refractivity contribution >= 4 is 17.3 Å². The Kier molecular flexibility index (Phi) is 2.55. The van der Waals surface area contributed by atoms with Gasteiger partial charge in [-0.15, -0.1) is 0 Å². The number of carbonyl (C=O) groups excluding carboxylic acids is 1. The summed E-state index contributed by atoms with van der Waals surface area (Å²) < 4.78 is 0. The number of carbonyl (C=O) groups is 1. The van der Waals surface area contributed by atoms with Crippen molar-refractivity contribution in [2.24, 2.45) is 0 Å². The van der Waals surface area contributed by atoms with Crippen LogP contribution >= 0.6 is 0 Å². The standard InChI is InChI=1S/C10H11N5O/c1-15(9-5-3-2-4-7(9)11)10(16)8-6-12-14-13-8/h2-6H,11H2,1H3,(H,12,13,14). The molecule has 0 unspecified atom stereocenters. The van der Waals surface area contributed by atoms with Crippen molar-refractivity contribution in [3.63, 3.8) is 0 Å². The zero-order valence-corrected chi connectivity index (χ0v) is 8.71. The van der Waals surface area contributed by atoms with Crippen molar-refractivity contribution in [2.45, 2.75) is 0 Å². The lowest BCUT2D eigenvalue weighted by molar-refractivity contribution is 0.0988. The number of nitrogens with two attached hydrogens (primary N) is 1. The lowest BCUT2D eigenvalue weighted by Crippen LogP contribution is -2.27. The Morgan fingerprint density at radius 2 is 2.19 bits per heavy atom. The molecule has 3 N–H and O–H groups in total. The highest BCUT2D eigenvalue weighted by atomic mass is 16.2. The van der Waals surface area contributed by atoms with Gasteiger partial charge in [-0.25, -0.2) is 0 Å². The molecular weight excluding hydrogens is 206 g/mol. The second-order valence-corrected chi connectivity index (χ2v) is 3.28. The first kappa shape index (κ1) is 10.2. The van der Waals surface area contributed by atoms with Crippen LogP contribution in [0.3, 0.4) is 0 Å². The highest BCUT2D eigenvalue weighted by Crippen LogP contribution is 2.21. The molecule has 82 valence electrons. The van der Waals surface area contributed by atoms with E-state index in [1.54, 1.807) is 19.2 Å². The molecule has 2 aromatic rings. The zero-order chi connectivity index (χ0) is 11.5. The Bertz CT molecular complexity index is 494. The molecule has 1 heterocycles. The van der Waals surface area contributed by atoms with Crippen molar-refractivity contribution in [1.29, 1.82) is 0 Å². The molecule has 0 radical (unpaired) electrons. The number of para-hydroxylation sites is 2. The van der Waals surface area contributed by atoms with E-state index in [1.165, 1.54) is 11.1 Å². The van der Waals surface area contributed by atoms with Gasteiger partial charge in [-0.05, 0) is 12.1 Å². The van der Waals surface area contributed by atoms with Crippen molar-refractivity contribution in [2.75, 3.05) is 17.7 Å². The SMILES string of the molecule is CN(C(=O)c1cn[nH]n1)c1ccccc1N. The van der Waals surface area contributed by atoms with Gasteiger partial charge < -0.3 is 10.6 Å². The van der Waals surface area contributed by atoms with Gasteiger partial charge in [0.15, 0.2) is 5.69 Å². The summed E-state index contributed by atoms with van der Waals surface area (Å²) in [6, 6.07) is 7.14. The van der Waals surface area contributed by atoms with E-state index in [2.05, 4.69) is 15.4 Å². The van der Waals surface area contributed by atoms with Gasteiger partial charge >= 0.3 is 0 Å². The fraction of sp³-hybridized carbons (Fsp3) is 0.100. The molecule has 1 amide bonds. The predicted octanol–water partition coefficient (Wildman–Crippen LogP) is 0.663. The summed E-state index contributed by atoms with van der Waals surface area (Å²) in [6.07, 6.45) is 1.37. The zero-order valence-electron chi connectivity index (χ0n) is 8.71. The largest absolute Gasteiger partial charge is 0.397 e. The van der Waals surface area contributed by atoms with Gasteiger partial charge in [0.1, 0.15) is 0 Å². The monoisotopic (exact) mass is 217 g/mol. The van der Waals surface area contributed by atoms with Crippen molar-refractivity contribution in [3.8, 4) is 0 Å². The molecule has 0 aliphatic rings. The van der Waals surface area contributed by atoms with Crippen LogP contribution in [0.4, 0.5) is 11.4 Å². The first-order valence-corrected chi connectivity index (χ1v) is 4.68. The second kappa shape index (κ2) is 4.01. The lowest BCUT2D eigenvalue weighted by atomic mass is 10.2. The van der Waals surface area contributed by atoms with E-state index >= 15 is 0 Å². The Morgan fingerprint density at radius 1 is 1.44 bits per heavy atom. The van der Waals surface area contributed by atoms with Crippen LogP contribution < -0.4 is 10.6 Å². The normalized spacial score (nSPS) is 10.1. The number of hydrogen-bond donors (Lipinski definition) is 2. The summed E-state index contributed by atoms with van der Waals surface area (Å²) in [4.78, 5) is 13.3. The van der Waals surface area contributed by atoms with Gasteiger partial charge in [-0.3, -0.25) is 4.79 Å². The first-order valence-electron chi connectivity index (χ1n) is 4.68. The number of benzene rings is 1. The maximum absolute atomic E-state index is 11.9. The summed E-state index contributed by atoms with van der Waals surface area (Å²) in [6.45, 7) is 0. The molecule has 1 aromatic heterocycles. The van der Waals surface area contributed by atoms with Gasteiger partial charge in [0.05, 0.1) is 17.6 Å². The Balaban J connectivity index is 2.30. The fourth-order valence-electron chi connectivity index (χ4n) is 1.38. The second-order valence-electron chi connectivity index (χ2n) is 3.28. The molecule has 0 bridgehead atoms. The van der Waals surface area contributed by atoms with Crippen molar-refractivity contribution in [3.05, 3.63) is 36.2 Å².